The summed E-state index contributed by atoms with van der Waals surface area (Å²) in [5.41, 5.74) is 0. The molecule has 5 nitrogen and oxygen atoms in total. The van der Waals surface area contributed by atoms with Crippen LogP contribution in [0.4, 0.5) is 0 Å². The fourth-order valence-electron chi connectivity index (χ4n) is 1.85. The summed E-state index contributed by atoms with van der Waals surface area (Å²) in [4.78, 5) is 1.70. The number of aliphatic hydroxyl groups excluding tert-OH is 4. The smallest absolute Gasteiger partial charge is 0.0992 e. The van der Waals surface area contributed by atoms with Gasteiger partial charge in [0.05, 0.1) is 31.0 Å². The quantitative estimate of drug-likeness (QED) is 0.395. The largest absolute Gasteiger partial charge is 0.394 e. The lowest BCUT2D eigenvalue weighted by molar-refractivity contribution is -0.0284. The topological polar surface area (TPSA) is 84.2 Å². The molecular formula is C9H17NO4. The molecule has 4 atom stereocenters. The van der Waals surface area contributed by atoms with Crippen LogP contribution in [0.2, 0.25) is 0 Å². The van der Waals surface area contributed by atoms with Gasteiger partial charge in [-0.1, -0.05) is 6.08 Å². The Balaban J connectivity index is 2.70. The first-order valence-electron chi connectivity index (χ1n) is 4.61. The molecular weight excluding hydrogens is 186 g/mol. The minimum atomic E-state index is -1.04. The monoisotopic (exact) mass is 203 g/mol. The minimum absolute atomic E-state index is 0.287. The molecule has 0 bridgehead atoms. The highest BCUT2D eigenvalue weighted by atomic mass is 16.3. The fourth-order valence-corrected chi connectivity index (χ4v) is 1.85. The Hall–Kier alpha value is -0.460. The maximum atomic E-state index is 9.56. The number of hydrogen-bond acceptors (Lipinski definition) is 5. The molecule has 0 spiro atoms. The Kier molecular flexibility index (Phi) is 4.03. The maximum Gasteiger partial charge on any atom is 0.0992 e. The van der Waals surface area contributed by atoms with E-state index in [2.05, 4.69) is 6.58 Å². The van der Waals surface area contributed by atoms with Gasteiger partial charge in [-0.05, 0) is 0 Å². The van der Waals surface area contributed by atoms with Gasteiger partial charge < -0.3 is 20.4 Å². The van der Waals surface area contributed by atoms with Crippen molar-refractivity contribution in [1.29, 1.82) is 0 Å². The van der Waals surface area contributed by atoms with E-state index in [1.165, 1.54) is 0 Å². The molecule has 0 amide bonds. The normalized spacial score (nSPS) is 35.9. The van der Waals surface area contributed by atoms with Crippen molar-refractivity contribution >= 4 is 0 Å². The lowest BCUT2D eigenvalue weighted by Gasteiger charge is -2.27. The Morgan fingerprint density at radius 2 is 2.14 bits per heavy atom. The molecule has 0 radical (unpaired) electrons. The Labute approximate surface area is 82.9 Å². The summed E-state index contributed by atoms with van der Waals surface area (Å²) in [6, 6.07) is -0.618. The average Bonchev–Trinajstić information content (AvgIpc) is 2.43. The molecule has 1 aliphatic heterocycles. The molecule has 4 N–H and O–H groups in total. The second-order valence-electron chi connectivity index (χ2n) is 3.54. The van der Waals surface area contributed by atoms with Crippen LogP contribution in [-0.2, 0) is 0 Å². The van der Waals surface area contributed by atoms with E-state index in [0.717, 1.165) is 0 Å². The van der Waals surface area contributed by atoms with Gasteiger partial charge >= 0.3 is 0 Å². The summed E-state index contributed by atoms with van der Waals surface area (Å²) in [6.45, 7) is 3.87. The van der Waals surface area contributed by atoms with Crippen LogP contribution in [0.15, 0.2) is 12.7 Å². The third-order valence-electron chi connectivity index (χ3n) is 2.53. The average molecular weight is 203 g/mol. The molecule has 1 heterocycles. The lowest BCUT2D eigenvalue weighted by Crippen LogP contribution is -2.47. The Morgan fingerprint density at radius 1 is 1.50 bits per heavy atom. The number of nitrogens with zero attached hydrogens (tertiary/aromatic N) is 1. The van der Waals surface area contributed by atoms with E-state index in [0.29, 0.717) is 6.54 Å². The minimum Gasteiger partial charge on any atom is -0.394 e. The zero-order valence-electron chi connectivity index (χ0n) is 7.95. The summed E-state index contributed by atoms with van der Waals surface area (Å²) >= 11 is 0. The van der Waals surface area contributed by atoms with Gasteiger partial charge in [0.1, 0.15) is 0 Å². The van der Waals surface area contributed by atoms with Gasteiger partial charge in [-0.25, -0.2) is 0 Å². The first kappa shape index (κ1) is 11.6. The highest BCUT2D eigenvalue weighted by molar-refractivity contribution is 4.98. The zero-order valence-corrected chi connectivity index (χ0v) is 7.95. The van der Waals surface area contributed by atoms with Crippen molar-refractivity contribution in [3.8, 4) is 0 Å². The van der Waals surface area contributed by atoms with Crippen LogP contribution in [-0.4, -0.2) is 69.4 Å². The molecule has 0 aliphatic carbocycles. The second-order valence-corrected chi connectivity index (χ2v) is 3.54. The predicted octanol–water partition coefficient (Wildman–Crippen LogP) is -2.07. The molecule has 1 saturated heterocycles. The summed E-state index contributed by atoms with van der Waals surface area (Å²) < 4.78 is 0. The van der Waals surface area contributed by atoms with Gasteiger partial charge in [-0.15, -0.1) is 6.58 Å². The Bertz CT molecular complexity index is 199. The molecule has 0 aromatic carbocycles. The van der Waals surface area contributed by atoms with Crippen molar-refractivity contribution in [1.82, 2.24) is 4.90 Å². The molecule has 82 valence electrons. The molecule has 1 fully saturated rings. The lowest BCUT2D eigenvalue weighted by atomic mass is 10.1. The fraction of sp³-hybridized carbons (Fsp3) is 0.778. The van der Waals surface area contributed by atoms with Gasteiger partial charge in [0.2, 0.25) is 0 Å². The highest BCUT2D eigenvalue weighted by Crippen LogP contribution is 2.21. The van der Waals surface area contributed by atoms with Crippen LogP contribution >= 0.6 is 0 Å². The second kappa shape index (κ2) is 4.86. The first-order valence-corrected chi connectivity index (χ1v) is 4.61. The van der Waals surface area contributed by atoms with Crippen molar-refractivity contribution in [2.24, 2.45) is 0 Å². The van der Waals surface area contributed by atoms with Crippen molar-refractivity contribution in [2.75, 3.05) is 19.7 Å². The van der Waals surface area contributed by atoms with E-state index in [1.807, 2.05) is 0 Å². The van der Waals surface area contributed by atoms with Crippen LogP contribution in [0.5, 0.6) is 0 Å². The van der Waals surface area contributed by atoms with Gasteiger partial charge in [-0.3, -0.25) is 4.90 Å². The van der Waals surface area contributed by atoms with Crippen LogP contribution in [0.1, 0.15) is 0 Å². The highest BCUT2D eigenvalue weighted by Gasteiger charge is 2.42. The van der Waals surface area contributed by atoms with Crippen molar-refractivity contribution < 1.29 is 20.4 Å². The predicted molar refractivity (Wildman–Crippen MR) is 50.7 cm³/mol. The van der Waals surface area contributed by atoms with Gasteiger partial charge in [0.25, 0.3) is 0 Å². The van der Waals surface area contributed by atoms with Crippen LogP contribution in [0.25, 0.3) is 0 Å². The molecule has 0 unspecified atom stereocenters. The summed E-state index contributed by atoms with van der Waals surface area (Å²) in [5.74, 6) is 0. The number of aliphatic hydroxyl groups is 4. The molecule has 5 heteroatoms. The number of β-amino-alcohol motifs (C(OH)–C–C–N with tert-alkyl or cyclic N) is 1. The van der Waals surface area contributed by atoms with Gasteiger partial charge in [0.15, 0.2) is 0 Å². The summed E-state index contributed by atoms with van der Waals surface area (Å²) in [6.07, 6.45) is -1.30. The molecule has 0 saturated carbocycles. The molecule has 1 rings (SSSR count). The van der Waals surface area contributed by atoms with E-state index in [-0.39, 0.29) is 6.54 Å². The van der Waals surface area contributed by atoms with Crippen LogP contribution in [0, 0.1) is 0 Å². The van der Waals surface area contributed by atoms with E-state index in [9.17, 15) is 15.3 Å². The summed E-state index contributed by atoms with van der Waals surface area (Å²) in [7, 11) is 0. The van der Waals surface area contributed by atoms with Crippen molar-refractivity contribution in [3.05, 3.63) is 12.7 Å². The molecule has 0 aromatic rings. The van der Waals surface area contributed by atoms with E-state index in [1.54, 1.807) is 11.0 Å². The van der Waals surface area contributed by atoms with Crippen LogP contribution in [0.3, 0.4) is 0 Å². The molecule has 0 aromatic heterocycles. The molecule has 1 aliphatic rings. The first-order chi connectivity index (χ1) is 6.61. The van der Waals surface area contributed by atoms with E-state index >= 15 is 0 Å². The Morgan fingerprint density at radius 3 is 2.64 bits per heavy atom. The van der Waals surface area contributed by atoms with E-state index in [4.69, 9.17) is 5.11 Å². The standard InChI is InChI=1S/C9H17NO4/c1-2-3-10-4-6(12)9(14)8(10)7(13)5-11/h2,6-9,11-14H,1,3-5H2/t6-,7-,8+,9-/m1/s1. The zero-order chi connectivity index (χ0) is 10.7. The van der Waals surface area contributed by atoms with E-state index < -0.39 is 31.0 Å². The molecule has 14 heavy (non-hydrogen) atoms. The van der Waals surface area contributed by atoms with Crippen molar-refractivity contribution in [2.45, 2.75) is 24.4 Å². The van der Waals surface area contributed by atoms with Gasteiger partial charge in [-0.2, -0.15) is 0 Å². The third kappa shape index (κ3) is 2.13. The SMILES string of the molecule is C=CCN1C[C@@H](O)[C@@H](O)[C@@H]1[C@H](O)CO. The number of hydrogen-bond donors (Lipinski definition) is 4. The van der Waals surface area contributed by atoms with Crippen LogP contribution < -0.4 is 0 Å². The van der Waals surface area contributed by atoms with Gasteiger partial charge in [0, 0.05) is 13.1 Å². The maximum absolute atomic E-state index is 9.56. The number of likely N-dealkylation sites (tertiary alicyclic amines) is 1. The summed E-state index contributed by atoms with van der Waals surface area (Å²) in [5, 5.41) is 37.2. The number of rotatable bonds is 4. The third-order valence-corrected chi connectivity index (χ3v) is 2.53. The van der Waals surface area contributed by atoms with Crippen molar-refractivity contribution in [3.63, 3.8) is 0 Å².